The van der Waals surface area contributed by atoms with Crippen LogP contribution in [0.2, 0.25) is 0 Å². The normalized spacial score (nSPS) is 14.1. The Hall–Kier alpha value is -3.59. The summed E-state index contributed by atoms with van der Waals surface area (Å²) >= 11 is 0. The molecule has 9 nitrogen and oxygen atoms in total. The maximum atomic E-state index is 12.7. The van der Waals surface area contributed by atoms with E-state index >= 15 is 0 Å². The zero-order chi connectivity index (χ0) is 48.8. The van der Waals surface area contributed by atoms with Gasteiger partial charge in [0.25, 0.3) is 0 Å². The van der Waals surface area contributed by atoms with Gasteiger partial charge in [0, 0.05) is 19.4 Å². The van der Waals surface area contributed by atoms with Crippen molar-refractivity contribution in [3.05, 3.63) is 122 Å². The number of unbranched alkanes of at least 4 members (excludes halogenated alkanes) is 14. The lowest BCUT2D eigenvalue weighted by Crippen LogP contribution is -2.29. The molecule has 2 unspecified atom stereocenters. The van der Waals surface area contributed by atoms with Crippen LogP contribution < -0.4 is 5.73 Å². The molecule has 380 valence electrons. The lowest BCUT2D eigenvalue weighted by molar-refractivity contribution is -0.161. The second-order valence-electron chi connectivity index (χ2n) is 16.6. The number of nitrogens with two attached hydrogens (primary N) is 1. The van der Waals surface area contributed by atoms with Gasteiger partial charge in [-0.15, -0.1) is 0 Å². The molecule has 10 heteroatoms. The van der Waals surface area contributed by atoms with E-state index in [0.717, 1.165) is 116 Å². The Labute approximate surface area is 409 Å². The largest absolute Gasteiger partial charge is 0.472 e. The van der Waals surface area contributed by atoms with E-state index in [-0.39, 0.29) is 32.6 Å². The zero-order valence-corrected chi connectivity index (χ0v) is 43.0. The number of allylic oxidation sites excluding steroid dienone is 20. The first kappa shape index (κ1) is 63.4. The first-order valence-corrected chi connectivity index (χ1v) is 27.5. The molecule has 0 aliphatic rings. The highest BCUT2D eigenvalue weighted by Gasteiger charge is 2.26. The number of carbonyl (C=O) groups excluding carboxylic acids is 2. The van der Waals surface area contributed by atoms with E-state index in [4.69, 9.17) is 24.3 Å². The average Bonchev–Trinajstić information content (AvgIpc) is 3.32. The van der Waals surface area contributed by atoms with Gasteiger partial charge in [-0.25, -0.2) is 4.57 Å². The number of esters is 2. The number of hydrogen-bond acceptors (Lipinski definition) is 8. The SMILES string of the molecule is CC/C=C\C/C=C\C/C=C\C/C=C\C/C=C\C/C=C\CCCCCCCCCCCCC(=O)OC(COC(=O)CCCCCC/C=C\C/C=C\C/C=C\C/C=C\CC)COP(=O)(O)OCCN. The molecule has 0 aliphatic carbocycles. The number of phosphoric acid groups is 1. The van der Waals surface area contributed by atoms with Crippen molar-refractivity contribution in [1.29, 1.82) is 0 Å². The highest BCUT2D eigenvalue weighted by atomic mass is 31.2. The molecule has 0 aromatic heterocycles. The van der Waals surface area contributed by atoms with Gasteiger partial charge in [-0.2, -0.15) is 0 Å². The molecule has 0 radical (unpaired) electrons. The summed E-state index contributed by atoms with van der Waals surface area (Å²) in [4.78, 5) is 35.1. The van der Waals surface area contributed by atoms with Crippen LogP contribution in [0.1, 0.15) is 194 Å². The molecule has 67 heavy (non-hydrogen) atoms. The summed E-state index contributed by atoms with van der Waals surface area (Å²) in [6.07, 6.45) is 70.9. The number of rotatable bonds is 47. The van der Waals surface area contributed by atoms with E-state index in [2.05, 4.69) is 135 Å². The lowest BCUT2D eigenvalue weighted by atomic mass is 10.0. The first-order valence-electron chi connectivity index (χ1n) is 26.0. The van der Waals surface area contributed by atoms with E-state index in [1.807, 2.05) is 0 Å². The highest BCUT2D eigenvalue weighted by Crippen LogP contribution is 2.43. The number of hydrogen-bond donors (Lipinski definition) is 2. The highest BCUT2D eigenvalue weighted by molar-refractivity contribution is 7.47. The summed E-state index contributed by atoms with van der Waals surface area (Å²) in [5.41, 5.74) is 5.37. The Morgan fingerprint density at radius 2 is 0.776 bits per heavy atom. The predicted molar refractivity (Wildman–Crippen MR) is 284 cm³/mol. The van der Waals surface area contributed by atoms with Crippen LogP contribution in [0.5, 0.6) is 0 Å². The molecule has 0 spiro atoms. The Morgan fingerprint density at radius 3 is 1.15 bits per heavy atom. The third-order valence-corrected chi connectivity index (χ3v) is 11.3. The van der Waals surface area contributed by atoms with Crippen molar-refractivity contribution in [3.63, 3.8) is 0 Å². The van der Waals surface area contributed by atoms with Gasteiger partial charge in [-0.3, -0.25) is 18.6 Å². The smallest absolute Gasteiger partial charge is 0.462 e. The minimum Gasteiger partial charge on any atom is -0.462 e. The molecule has 0 saturated carbocycles. The van der Waals surface area contributed by atoms with Crippen LogP contribution in [0.3, 0.4) is 0 Å². The van der Waals surface area contributed by atoms with E-state index in [1.165, 1.54) is 38.5 Å². The van der Waals surface area contributed by atoms with Crippen LogP contribution in [0.4, 0.5) is 0 Å². The third kappa shape index (κ3) is 51.6. The molecule has 0 bridgehead atoms. The molecule has 0 aliphatic heterocycles. The van der Waals surface area contributed by atoms with Gasteiger partial charge < -0.3 is 20.1 Å². The molecule has 3 N–H and O–H groups in total. The van der Waals surface area contributed by atoms with E-state index in [0.29, 0.717) is 12.8 Å². The van der Waals surface area contributed by atoms with Crippen LogP contribution in [-0.4, -0.2) is 49.3 Å². The Balaban J connectivity index is 4.09. The summed E-state index contributed by atoms with van der Waals surface area (Å²) in [6, 6.07) is 0. The summed E-state index contributed by atoms with van der Waals surface area (Å²) in [7, 11) is -4.40. The quantitative estimate of drug-likeness (QED) is 0.0265. The molecule has 0 amide bonds. The van der Waals surface area contributed by atoms with E-state index in [9.17, 15) is 19.0 Å². The minimum absolute atomic E-state index is 0.0423. The third-order valence-electron chi connectivity index (χ3n) is 10.3. The molecule has 0 fully saturated rings. The van der Waals surface area contributed by atoms with Crippen molar-refractivity contribution in [2.45, 2.75) is 200 Å². The fraction of sp³-hybridized carbons (Fsp3) is 0.614. The first-order chi connectivity index (χ1) is 32.8. The van der Waals surface area contributed by atoms with Crippen LogP contribution in [0.15, 0.2) is 122 Å². The fourth-order valence-electron chi connectivity index (χ4n) is 6.57. The van der Waals surface area contributed by atoms with Crippen molar-refractivity contribution in [2.24, 2.45) is 5.73 Å². The van der Waals surface area contributed by atoms with Crippen molar-refractivity contribution < 1.29 is 37.6 Å². The number of carbonyl (C=O) groups is 2. The fourth-order valence-corrected chi connectivity index (χ4v) is 7.34. The van der Waals surface area contributed by atoms with Crippen LogP contribution in [0.25, 0.3) is 0 Å². The zero-order valence-electron chi connectivity index (χ0n) is 42.1. The molecule has 0 saturated heterocycles. The molecular weight excluding hydrogens is 858 g/mol. The number of ether oxygens (including phenoxy) is 2. The molecule has 0 aromatic rings. The van der Waals surface area contributed by atoms with Gasteiger partial charge >= 0.3 is 19.8 Å². The predicted octanol–water partition coefficient (Wildman–Crippen LogP) is 16.1. The van der Waals surface area contributed by atoms with Crippen LogP contribution in [-0.2, 0) is 32.7 Å². The molecule has 0 heterocycles. The van der Waals surface area contributed by atoms with Crippen molar-refractivity contribution >= 4 is 19.8 Å². The summed E-state index contributed by atoms with van der Waals surface area (Å²) in [6.45, 7) is 3.46. The van der Waals surface area contributed by atoms with Crippen molar-refractivity contribution in [1.82, 2.24) is 0 Å². The standard InChI is InChI=1S/C57H94NO8P/c1-3-5-7-9-11-13-15-17-19-21-22-23-24-25-26-27-28-29-30-31-32-34-36-38-40-42-44-46-48-50-57(60)66-55(54-65-67(61,62)64-52-51-58)53-63-56(59)49-47-45-43-41-39-37-35-33-20-18-16-14-12-10-8-6-4-2/h5-8,11-14,17-20,22-23,25-26,28-29,35,37,55H,3-4,9-10,15-16,21,24,27,30-34,36,38-54,58H2,1-2H3,(H,61,62)/b7-5-,8-6-,13-11-,14-12-,19-17-,20-18-,23-22-,26-25-,29-28-,37-35-. The Kier molecular flexibility index (Phi) is 49.0. The second-order valence-corrected chi connectivity index (χ2v) is 18.1. The van der Waals surface area contributed by atoms with E-state index in [1.54, 1.807) is 0 Å². The second kappa shape index (κ2) is 51.8. The van der Waals surface area contributed by atoms with Gasteiger partial charge in [0.15, 0.2) is 6.10 Å². The lowest BCUT2D eigenvalue weighted by Gasteiger charge is -2.19. The maximum Gasteiger partial charge on any atom is 0.472 e. The topological polar surface area (TPSA) is 134 Å². The molecular formula is C57H94NO8P. The monoisotopic (exact) mass is 952 g/mol. The van der Waals surface area contributed by atoms with Crippen LogP contribution in [0, 0.1) is 0 Å². The summed E-state index contributed by atoms with van der Waals surface area (Å²) < 4.78 is 32.9. The molecule has 2 atom stereocenters. The van der Waals surface area contributed by atoms with Gasteiger partial charge in [0.05, 0.1) is 13.2 Å². The number of phosphoric ester groups is 1. The van der Waals surface area contributed by atoms with Gasteiger partial charge in [0.2, 0.25) is 0 Å². The van der Waals surface area contributed by atoms with Crippen LogP contribution >= 0.6 is 7.82 Å². The van der Waals surface area contributed by atoms with E-state index < -0.39 is 32.5 Å². The van der Waals surface area contributed by atoms with Gasteiger partial charge in [0.1, 0.15) is 6.61 Å². The summed E-state index contributed by atoms with van der Waals surface area (Å²) in [5.74, 6) is -0.870. The summed E-state index contributed by atoms with van der Waals surface area (Å²) in [5, 5.41) is 0. The van der Waals surface area contributed by atoms with Gasteiger partial charge in [-0.05, 0) is 103 Å². The Bertz CT molecular complexity index is 1500. The minimum atomic E-state index is -4.40. The maximum absolute atomic E-state index is 12.7. The van der Waals surface area contributed by atoms with Crippen molar-refractivity contribution in [2.75, 3.05) is 26.4 Å². The van der Waals surface area contributed by atoms with Crippen molar-refractivity contribution in [3.8, 4) is 0 Å². The molecule has 0 aromatic carbocycles. The van der Waals surface area contributed by atoms with Gasteiger partial charge in [-0.1, -0.05) is 200 Å². The average molecular weight is 952 g/mol. The molecule has 0 rings (SSSR count). The Morgan fingerprint density at radius 1 is 0.448 bits per heavy atom.